The third kappa shape index (κ3) is 5.12. The second-order valence-corrected chi connectivity index (χ2v) is 16.6. The van der Waals surface area contributed by atoms with E-state index in [0.29, 0.717) is 29.3 Å². The van der Waals surface area contributed by atoms with Crippen molar-refractivity contribution in [3.63, 3.8) is 0 Å². The molecule has 4 aliphatic carbocycles. The zero-order valence-corrected chi connectivity index (χ0v) is 27.5. The number of rotatable bonds is 4. The van der Waals surface area contributed by atoms with Gasteiger partial charge in [-0.2, -0.15) is 0 Å². The fraction of sp³-hybridized carbons (Fsp3) is 0.889. The standard InChI is InChI=1S/C36H57N3O4/c1-22-8-15-36(42-21-22)23(2)33-30(43-36)19-29-27-7-6-24-18-26(9-13-34(24,3)28(27)10-14-35(29,33)4)38-32(41)20-31(40)37-25-11-16-39(5)17-12-25/h6,22-23,25-30,33H,7-21H2,1-5H3,(H,37,40)(H,38,41)/t22-,23+,26-,27-,28+,29+,30+,33+,34+,35+,36-/m1/s1. The van der Waals surface area contributed by atoms with Gasteiger partial charge in [-0.1, -0.05) is 39.3 Å². The van der Waals surface area contributed by atoms with Crippen LogP contribution in [0.5, 0.6) is 0 Å². The van der Waals surface area contributed by atoms with Gasteiger partial charge in [0.05, 0.1) is 12.7 Å². The monoisotopic (exact) mass is 595 g/mol. The maximum absolute atomic E-state index is 12.9. The van der Waals surface area contributed by atoms with Gasteiger partial charge in [-0.15, -0.1) is 0 Å². The second kappa shape index (κ2) is 11.1. The highest BCUT2D eigenvalue weighted by Gasteiger charge is 2.68. The number of ether oxygens (including phenoxy) is 2. The lowest BCUT2D eigenvalue weighted by atomic mass is 9.46. The molecule has 1 spiro atoms. The highest BCUT2D eigenvalue weighted by Crippen LogP contribution is 2.70. The first-order chi connectivity index (χ1) is 20.5. The van der Waals surface area contributed by atoms with Gasteiger partial charge in [0.25, 0.3) is 0 Å². The van der Waals surface area contributed by atoms with E-state index in [-0.39, 0.29) is 41.5 Å². The molecule has 43 heavy (non-hydrogen) atoms. The molecule has 2 amide bonds. The molecule has 3 saturated heterocycles. The van der Waals surface area contributed by atoms with Crippen molar-refractivity contribution < 1.29 is 19.1 Å². The zero-order valence-electron chi connectivity index (χ0n) is 27.5. The van der Waals surface area contributed by atoms with Gasteiger partial charge in [0, 0.05) is 24.4 Å². The Hall–Kier alpha value is -1.44. The van der Waals surface area contributed by atoms with Crippen LogP contribution < -0.4 is 10.6 Å². The van der Waals surface area contributed by atoms with Crippen molar-refractivity contribution in [3.05, 3.63) is 11.6 Å². The first kappa shape index (κ1) is 30.2. The number of allylic oxidation sites excluding steroid dienone is 1. The van der Waals surface area contributed by atoms with Gasteiger partial charge in [-0.3, -0.25) is 9.59 Å². The van der Waals surface area contributed by atoms with E-state index in [0.717, 1.165) is 76.0 Å². The van der Waals surface area contributed by atoms with Gasteiger partial charge in [0.1, 0.15) is 6.42 Å². The summed E-state index contributed by atoms with van der Waals surface area (Å²) in [5, 5.41) is 6.34. The minimum absolute atomic E-state index is 0.0572. The number of amides is 2. The summed E-state index contributed by atoms with van der Waals surface area (Å²) in [6.07, 6.45) is 15.1. The summed E-state index contributed by atoms with van der Waals surface area (Å²) in [6, 6.07) is 0.340. The molecule has 7 nitrogen and oxygen atoms in total. The molecule has 11 atom stereocenters. The van der Waals surface area contributed by atoms with Crippen molar-refractivity contribution in [1.29, 1.82) is 0 Å². The molecule has 0 aromatic carbocycles. The number of nitrogens with one attached hydrogen (secondary N) is 2. The van der Waals surface area contributed by atoms with Crippen LogP contribution in [0.25, 0.3) is 0 Å². The summed E-state index contributed by atoms with van der Waals surface area (Å²) in [5.74, 6) is 3.29. The second-order valence-electron chi connectivity index (χ2n) is 16.6. The number of piperidine rings is 1. The summed E-state index contributed by atoms with van der Waals surface area (Å²) in [5.41, 5.74) is 2.13. The Morgan fingerprint density at radius 1 is 0.953 bits per heavy atom. The van der Waals surface area contributed by atoms with Crippen LogP contribution in [0.4, 0.5) is 0 Å². The first-order valence-corrected chi connectivity index (χ1v) is 17.8. The minimum Gasteiger partial charge on any atom is -0.353 e. The SMILES string of the molecule is C[C@@H]1CC[C@@]2(OC1)O[C@H]1C[C@H]3[C@@H]4CC=C5C[C@H](NC(=O)CC(=O)NC6CCN(C)CC6)CC[C@]5(C)[C@H]4CC[C@]3(C)[C@H]1[C@@H]2C. The average Bonchev–Trinajstić information content (AvgIpc) is 3.41. The maximum Gasteiger partial charge on any atom is 0.229 e. The van der Waals surface area contributed by atoms with Crippen LogP contribution in [-0.2, 0) is 19.1 Å². The van der Waals surface area contributed by atoms with Crippen molar-refractivity contribution in [3.8, 4) is 0 Å². The molecule has 2 N–H and O–H groups in total. The van der Waals surface area contributed by atoms with Crippen molar-refractivity contribution in [2.75, 3.05) is 26.7 Å². The Balaban J connectivity index is 0.972. The Bertz CT molecular complexity index is 1120. The van der Waals surface area contributed by atoms with Gasteiger partial charge in [-0.05, 0) is 125 Å². The molecule has 0 unspecified atom stereocenters. The van der Waals surface area contributed by atoms with E-state index in [4.69, 9.17) is 9.47 Å². The van der Waals surface area contributed by atoms with Gasteiger partial charge in [-0.25, -0.2) is 0 Å². The van der Waals surface area contributed by atoms with Crippen molar-refractivity contribution >= 4 is 11.8 Å². The predicted octanol–water partition coefficient (Wildman–Crippen LogP) is 5.44. The number of likely N-dealkylation sites (tertiary alicyclic amines) is 1. The van der Waals surface area contributed by atoms with Crippen LogP contribution in [0.15, 0.2) is 11.6 Å². The Morgan fingerprint density at radius 3 is 2.42 bits per heavy atom. The molecule has 0 aromatic heterocycles. The Labute approximate surface area is 259 Å². The van der Waals surface area contributed by atoms with Crippen LogP contribution in [0.1, 0.15) is 105 Å². The summed E-state index contributed by atoms with van der Waals surface area (Å²) < 4.78 is 13.5. The molecule has 3 heterocycles. The van der Waals surface area contributed by atoms with Crippen LogP contribution >= 0.6 is 0 Å². The van der Waals surface area contributed by atoms with Crippen LogP contribution in [0.2, 0.25) is 0 Å². The number of hydrogen-bond donors (Lipinski definition) is 2. The summed E-state index contributed by atoms with van der Waals surface area (Å²) in [7, 11) is 2.12. The average molecular weight is 596 g/mol. The summed E-state index contributed by atoms with van der Waals surface area (Å²) in [4.78, 5) is 27.7. The van der Waals surface area contributed by atoms with E-state index in [1.165, 1.54) is 32.1 Å². The molecule has 7 rings (SSSR count). The third-order valence-electron chi connectivity index (χ3n) is 14.1. The molecule has 7 aliphatic rings. The lowest BCUT2D eigenvalue weighted by molar-refractivity contribution is -0.272. The molecule has 0 bridgehead atoms. The van der Waals surface area contributed by atoms with Gasteiger partial charge >= 0.3 is 0 Å². The van der Waals surface area contributed by atoms with Crippen molar-refractivity contribution in [2.45, 2.75) is 129 Å². The topological polar surface area (TPSA) is 79.9 Å². The van der Waals surface area contributed by atoms with E-state index < -0.39 is 0 Å². The highest BCUT2D eigenvalue weighted by atomic mass is 16.7. The molecular weight excluding hydrogens is 538 g/mol. The number of carbonyl (C=O) groups is 2. The smallest absolute Gasteiger partial charge is 0.229 e. The van der Waals surface area contributed by atoms with E-state index >= 15 is 0 Å². The first-order valence-electron chi connectivity index (χ1n) is 17.8. The molecular formula is C36H57N3O4. The third-order valence-corrected chi connectivity index (χ3v) is 14.1. The molecule has 0 radical (unpaired) electrons. The van der Waals surface area contributed by atoms with Crippen LogP contribution in [0.3, 0.4) is 0 Å². The fourth-order valence-electron chi connectivity index (χ4n) is 11.7. The van der Waals surface area contributed by atoms with E-state index in [2.05, 4.69) is 56.4 Å². The van der Waals surface area contributed by atoms with Crippen molar-refractivity contribution in [2.24, 2.45) is 46.3 Å². The predicted molar refractivity (Wildman–Crippen MR) is 167 cm³/mol. The summed E-state index contributed by atoms with van der Waals surface area (Å²) in [6.45, 7) is 12.7. The van der Waals surface area contributed by atoms with E-state index in [9.17, 15) is 9.59 Å². The minimum atomic E-state index is -0.339. The molecule has 3 aliphatic heterocycles. The van der Waals surface area contributed by atoms with Crippen molar-refractivity contribution in [1.82, 2.24) is 15.5 Å². The van der Waals surface area contributed by atoms with E-state index in [1.807, 2.05) is 0 Å². The van der Waals surface area contributed by atoms with Crippen LogP contribution in [-0.4, -0.2) is 67.4 Å². The largest absolute Gasteiger partial charge is 0.353 e. The Morgan fingerprint density at radius 2 is 1.70 bits per heavy atom. The zero-order chi connectivity index (χ0) is 30.1. The van der Waals surface area contributed by atoms with Gasteiger partial charge < -0.3 is 25.0 Å². The van der Waals surface area contributed by atoms with Crippen LogP contribution in [0, 0.1) is 46.3 Å². The Kier molecular flexibility index (Phi) is 7.82. The number of fused-ring (bicyclic) bond motifs is 7. The maximum atomic E-state index is 12.9. The highest BCUT2D eigenvalue weighted by molar-refractivity contribution is 5.97. The van der Waals surface area contributed by atoms with Gasteiger partial charge in [0.15, 0.2) is 5.79 Å². The molecule has 3 saturated carbocycles. The lowest BCUT2D eigenvalue weighted by Gasteiger charge is -2.58. The lowest BCUT2D eigenvalue weighted by Crippen LogP contribution is -2.53. The number of nitrogens with zero attached hydrogens (tertiary/aromatic N) is 1. The number of carbonyl (C=O) groups excluding carboxylic acids is 2. The molecule has 7 heteroatoms. The molecule has 6 fully saturated rings. The normalized spacial score (nSPS) is 48.1. The number of hydrogen-bond acceptors (Lipinski definition) is 5. The van der Waals surface area contributed by atoms with Gasteiger partial charge in [0.2, 0.25) is 11.8 Å². The summed E-state index contributed by atoms with van der Waals surface area (Å²) >= 11 is 0. The fourth-order valence-corrected chi connectivity index (χ4v) is 11.7. The van der Waals surface area contributed by atoms with E-state index in [1.54, 1.807) is 5.57 Å². The molecule has 0 aromatic rings. The quantitative estimate of drug-likeness (QED) is 0.334. The molecule has 240 valence electrons.